The second kappa shape index (κ2) is 12.7. The molecule has 2 aliphatic rings. The van der Waals surface area contributed by atoms with Gasteiger partial charge in [-0.3, -0.25) is 9.89 Å². The molecule has 11 heteroatoms. The van der Waals surface area contributed by atoms with Crippen molar-refractivity contribution in [2.45, 2.75) is 24.8 Å². The first kappa shape index (κ1) is 29.0. The number of amides is 1. The van der Waals surface area contributed by atoms with Gasteiger partial charge in [0.1, 0.15) is 11.6 Å². The standard InChI is InChI=1S/C32H36F2N6O3/c1-39-10-12-40(13-11-39)23-4-5-24(30(18-23)35-22-8-14-43-15-9-22)32(42)36-31-26-16-20(2-7-29(26)37-38-31)27(19-41)25-17-21(33)3-6-28(25)34/h2-7,16-18,22,27,35,41H,8-15,19H2,1H3,(H2,36,37,38,42). The lowest BCUT2D eigenvalue weighted by Gasteiger charge is -2.34. The zero-order chi connectivity index (χ0) is 29.9. The molecule has 0 aliphatic carbocycles. The third-order valence-electron chi connectivity index (χ3n) is 8.43. The molecule has 2 fully saturated rings. The number of piperazine rings is 1. The molecule has 0 radical (unpaired) electrons. The molecule has 1 amide bonds. The highest BCUT2D eigenvalue weighted by atomic mass is 19.1. The van der Waals surface area contributed by atoms with Gasteiger partial charge < -0.3 is 30.3 Å². The number of anilines is 3. The third-order valence-corrected chi connectivity index (χ3v) is 8.43. The first-order valence-electron chi connectivity index (χ1n) is 14.7. The van der Waals surface area contributed by atoms with E-state index < -0.39 is 24.2 Å². The van der Waals surface area contributed by atoms with E-state index in [0.717, 1.165) is 68.6 Å². The number of fused-ring (bicyclic) bond motifs is 1. The third kappa shape index (κ3) is 6.34. The number of carbonyl (C=O) groups is 1. The molecule has 1 aromatic heterocycles. The number of aliphatic hydroxyl groups excluding tert-OH is 1. The summed E-state index contributed by atoms with van der Waals surface area (Å²) in [7, 11) is 2.12. The van der Waals surface area contributed by atoms with Crippen LogP contribution in [0.25, 0.3) is 10.9 Å². The van der Waals surface area contributed by atoms with Crippen LogP contribution < -0.4 is 15.5 Å². The predicted octanol–water partition coefficient (Wildman–Crippen LogP) is 4.56. The Balaban J connectivity index is 1.29. The zero-order valence-corrected chi connectivity index (χ0v) is 24.1. The first-order valence-corrected chi connectivity index (χ1v) is 14.7. The molecule has 6 rings (SSSR count). The minimum Gasteiger partial charge on any atom is -0.395 e. The number of halogens is 2. The van der Waals surface area contributed by atoms with Crippen molar-refractivity contribution in [3.8, 4) is 0 Å². The van der Waals surface area contributed by atoms with Crippen LogP contribution in [0.2, 0.25) is 0 Å². The Kier molecular flexibility index (Phi) is 8.55. The van der Waals surface area contributed by atoms with Gasteiger partial charge in [0.2, 0.25) is 0 Å². The van der Waals surface area contributed by atoms with Gasteiger partial charge in [-0.25, -0.2) is 8.78 Å². The maximum Gasteiger partial charge on any atom is 0.258 e. The van der Waals surface area contributed by atoms with Gasteiger partial charge in [0.05, 0.1) is 17.7 Å². The topological polar surface area (TPSA) is 106 Å². The minimum atomic E-state index is -0.795. The number of nitrogens with one attached hydrogen (secondary N) is 3. The average molecular weight is 591 g/mol. The van der Waals surface area contributed by atoms with Crippen LogP contribution in [0.1, 0.15) is 40.2 Å². The monoisotopic (exact) mass is 590 g/mol. The molecule has 0 spiro atoms. The average Bonchev–Trinajstić information content (AvgIpc) is 3.42. The quantitative estimate of drug-likeness (QED) is 0.239. The predicted molar refractivity (Wildman–Crippen MR) is 163 cm³/mol. The summed E-state index contributed by atoms with van der Waals surface area (Å²) in [6.07, 6.45) is 1.70. The first-order chi connectivity index (χ1) is 20.9. The van der Waals surface area contributed by atoms with E-state index in [1.54, 1.807) is 18.2 Å². The molecule has 226 valence electrons. The molecular formula is C32H36F2N6O3. The van der Waals surface area contributed by atoms with Gasteiger partial charge in [0.15, 0.2) is 5.82 Å². The van der Waals surface area contributed by atoms with Gasteiger partial charge in [-0.15, -0.1) is 0 Å². The number of aromatic nitrogens is 2. The molecule has 4 aromatic rings. The summed E-state index contributed by atoms with van der Waals surface area (Å²) >= 11 is 0. The van der Waals surface area contributed by atoms with E-state index in [-0.39, 0.29) is 17.5 Å². The van der Waals surface area contributed by atoms with Crippen molar-refractivity contribution < 1.29 is 23.4 Å². The lowest BCUT2D eigenvalue weighted by molar-refractivity contribution is 0.0904. The Labute approximate surface area is 248 Å². The van der Waals surface area contributed by atoms with Crippen LogP contribution >= 0.6 is 0 Å². The summed E-state index contributed by atoms with van der Waals surface area (Å²) in [6.45, 7) is 4.70. The van der Waals surface area contributed by atoms with E-state index in [0.29, 0.717) is 41.1 Å². The normalized spacial score (nSPS) is 17.3. The second-order valence-electron chi connectivity index (χ2n) is 11.3. The fourth-order valence-corrected chi connectivity index (χ4v) is 5.86. The molecule has 9 nitrogen and oxygen atoms in total. The van der Waals surface area contributed by atoms with E-state index in [2.05, 4.69) is 43.7 Å². The van der Waals surface area contributed by atoms with Crippen LogP contribution in [-0.2, 0) is 4.74 Å². The van der Waals surface area contributed by atoms with Crippen molar-refractivity contribution >= 4 is 34.0 Å². The number of hydrogen-bond donors (Lipinski definition) is 4. The van der Waals surface area contributed by atoms with Gasteiger partial charge >= 0.3 is 0 Å². The fraction of sp³-hybridized carbons (Fsp3) is 0.375. The number of hydrogen-bond acceptors (Lipinski definition) is 7. The number of carbonyl (C=O) groups excluding carboxylic acids is 1. The van der Waals surface area contributed by atoms with Crippen molar-refractivity contribution in [3.05, 3.63) is 82.9 Å². The van der Waals surface area contributed by atoms with Crippen molar-refractivity contribution in [1.29, 1.82) is 0 Å². The lowest BCUT2D eigenvalue weighted by Crippen LogP contribution is -2.44. The number of nitrogens with zero attached hydrogens (tertiary/aromatic N) is 3. The molecule has 0 bridgehead atoms. The number of H-pyrrole nitrogens is 1. The highest BCUT2D eigenvalue weighted by molar-refractivity contribution is 6.11. The van der Waals surface area contributed by atoms with E-state index in [9.17, 15) is 18.7 Å². The second-order valence-corrected chi connectivity index (χ2v) is 11.3. The molecular weight excluding hydrogens is 554 g/mol. The van der Waals surface area contributed by atoms with Crippen LogP contribution in [0.5, 0.6) is 0 Å². The van der Waals surface area contributed by atoms with Gasteiger partial charge in [-0.05, 0) is 74.0 Å². The maximum atomic E-state index is 14.6. The van der Waals surface area contributed by atoms with Crippen molar-refractivity contribution in [2.24, 2.45) is 0 Å². The number of aliphatic hydroxyl groups is 1. The largest absolute Gasteiger partial charge is 0.395 e. The molecule has 4 N–H and O–H groups in total. The van der Waals surface area contributed by atoms with Crippen molar-refractivity contribution in [1.82, 2.24) is 15.1 Å². The van der Waals surface area contributed by atoms with Gasteiger partial charge in [-0.1, -0.05) is 6.07 Å². The summed E-state index contributed by atoms with van der Waals surface area (Å²) in [6, 6.07) is 14.5. The minimum absolute atomic E-state index is 0.0557. The molecule has 1 unspecified atom stereocenters. The molecule has 1 atom stereocenters. The molecule has 3 heterocycles. The van der Waals surface area contributed by atoms with E-state index in [4.69, 9.17) is 4.74 Å². The van der Waals surface area contributed by atoms with Crippen LogP contribution in [-0.4, -0.2) is 85.2 Å². The number of rotatable bonds is 8. The van der Waals surface area contributed by atoms with Crippen molar-refractivity contribution in [2.75, 3.05) is 68.6 Å². The number of ether oxygens (including phenoxy) is 1. The fourth-order valence-electron chi connectivity index (χ4n) is 5.86. The van der Waals surface area contributed by atoms with Gasteiger partial charge in [0.25, 0.3) is 5.91 Å². The number of benzene rings is 3. The lowest BCUT2D eigenvalue weighted by atomic mass is 9.91. The molecule has 2 aliphatic heterocycles. The molecule has 43 heavy (non-hydrogen) atoms. The number of likely N-dealkylation sites (N-methyl/N-ethyl adjacent to an activating group) is 1. The summed E-state index contributed by atoms with van der Waals surface area (Å²) in [4.78, 5) is 18.4. The smallest absolute Gasteiger partial charge is 0.258 e. The molecule has 2 saturated heterocycles. The van der Waals surface area contributed by atoms with Crippen LogP contribution in [0.15, 0.2) is 54.6 Å². The van der Waals surface area contributed by atoms with Crippen LogP contribution in [0.3, 0.4) is 0 Å². The zero-order valence-electron chi connectivity index (χ0n) is 24.1. The van der Waals surface area contributed by atoms with Gasteiger partial charge in [0, 0.05) is 73.7 Å². The SMILES string of the molecule is CN1CCN(c2ccc(C(=O)Nc3n[nH]c4ccc(C(CO)c5cc(F)ccc5F)cc34)c(NC3CCOCC3)c2)CC1. The van der Waals surface area contributed by atoms with E-state index in [1.165, 1.54) is 0 Å². The van der Waals surface area contributed by atoms with Gasteiger partial charge in [-0.2, -0.15) is 5.10 Å². The van der Waals surface area contributed by atoms with Crippen LogP contribution in [0, 0.1) is 11.6 Å². The summed E-state index contributed by atoms with van der Waals surface area (Å²) in [5, 5.41) is 24.5. The Hall–Kier alpha value is -4.06. The van der Waals surface area contributed by atoms with E-state index in [1.807, 2.05) is 12.1 Å². The Morgan fingerprint density at radius 1 is 1.07 bits per heavy atom. The molecule has 0 saturated carbocycles. The highest BCUT2D eigenvalue weighted by Gasteiger charge is 2.23. The Bertz CT molecular complexity index is 1600. The maximum absolute atomic E-state index is 14.6. The van der Waals surface area contributed by atoms with Crippen molar-refractivity contribution in [3.63, 3.8) is 0 Å². The molecule has 3 aromatic carbocycles. The van der Waals surface area contributed by atoms with Crippen LogP contribution in [0.4, 0.5) is 26.0 Å². The summed E-state index contributed by atoms with van der Waals surface area (Å²) in [5.41, 5.74) is 3.58. The Morgan fingerprint density at radius 2 is 1.86 bits per heavy atom. The Morgan fingerprint density at radius 3 is 2.63 bits per heavy atom. The van der Waals surface area contributed by atoms with E-state index >= 15 is 0 Å². The summed E-state index contributed by atoms with van der Waals surface area (Å²) < 4.78 is 34.0. The number of aromatic amines is 1. The highest BCUT2D eigenvalue weighted by Crippen LogP contribution is 2.32. The summed E-state index contributed by atoms with van der Waals surface area (Å²) in [5.74, 6) is -2.01.